The molecule has 0 spiro atoms. The number of morpholine rings is 1. The summed E-state index contributed by atoms with van der Waals surface area (Å²) in [5.41, 5.74) is 4.26. The van der Waals surface area contributed by atoms with Crippen molar-refractivity contribution in [3.63, 3.8) is 0 Å². The van der Waals surface area contributed by atoms with Gasteiger partial charge in [-0.3, -0.25) is 19.4 Å². The third-order valence-electron chi connectivity index (χ3n) is 11.8. The van der Waals surface area contributed by atoms with Gasteiger partial charge in [-0.1, -0.05) is 43.9 Å². The molecule has 262 valence electrons. The van der Waals surface area contributed by atoms with E-state index in [2.05, 4.69) is 33.5 Å². The molecule has 1 aliphatic carbocycles. The molecule has 1 saturated carbocycles. The number of ether oxygens (including phenoxy) is 1. The average molecular weight is 678 g/mol. The molecule has 0 bridgehead atoms. The van der Waals surface area contributed by atoms with Gasteiger partial charge in [0.1, 0.15) is 5.76 Å². The van der Waals surface area contributed by atoms with Crippen molar-refractivity contribution >= 4 is 28.6 Å². The molecule has 10 nitrogen and oxygen atoms in total. The van der Waals surface area contributed by atoms with Crippen LogP contribution in [-0.2, 0) is 37.5 Å². The van der Waals surface area contributed by atoms with Crippen molar-refractivity contribution in [1.82, 2.24) is 25.1 Å². The Hall–Kier alpha value is -4.44. The molecule has 1 aromatic carbocycles. The number of rotatable bonds is 10. The maximum atomic E-state index is 14.9. The normalized spacial score (nSPS) is 24.0. The largest absolute Gasteiger partial charge is 0.464 e. The second-order valence-corrected chi connectivity index (χ2v) is 14.6. The van der Waals surface area contributed by atoms with Gasteiger partial charge in [0.25, 0.3) is 0 Å². The van der Waals surface area contributed by atoms with Crippen molar-refractivity contribution < 1.29 is 23.5 Å². The number of hydrogen-bond donors (Lipinski definition) is 2. The number of H-pyrrole nitrogens is 1. The lowest BCUT2D eigenvalue weighted by Crippen LogP contribution is -2.66. The van der Waals surface area contributed by atoms with E-state index in [-0.39, 0.29) is 24.1 Å². The monoisotopic (exact) mass is 677 g/mol. The number of fused-ring (bicyclic) bond motifs is 5. The number of hydrogen-bond acceptors (Lipinski definition) is 6. The van der Waals surface area contributed by atoms with E-state index in [0.717, 1.165) is 46.5 Å². The number of carbonyl (C=O) groups excluding carboxylic acids is 3. The predicted octanol–water partition coefficient (Wildman–Crippen LogP) is 5.62. The number of piperidine rings is 1. The molecule has 0 unspecified atom stereocenters. The van der Waals surface area contributed by atoms with Crippen LogP contribution in [0.5, 0.6) is 0 Å². The first-order chi connectivity index (χ1) is 24.5. The SMILES string of the molecule is O=C(C[C@H]1C[C@H](C(=O)N2CCOCC2)[C@@]2(CCC3CCCC3)c3[nH]c4cc(-c5ccco5)ccc4c3CCN2C1=O)NCCc1ccccn1. The van der Waals surface area contributed by atoms with Crippen LogP contribution in [0.25, 0.3) is 22.2 Å². The van der Waals surface area contributed by atoms with Crippen molar-refractivity contribution in [3.05, 3.63) is 77.9 Å². The Morgan fingerprint density at radius 3 is 2.68 bits per heavy atom. The first-order valence-corrected chi connectivity index (χ1v) is 18.5. The van der Waals surface area contributed by atoms with E-state index in [1.54, 1.807) is 12.5 Å². The summed E-state index contributed by atoms with van der Waals surface area (Å²) in [5.74, 6) is 0.223. The van der Waals surface area contributed by atoms with Crippen LogP contribution in [0.15, 0.2) is 65.4 Å². The minimum absolute atomic E-state index is 0.0112. The highest BCUT2D eigenvalue weighted by atomic mass is 16.5. The van der Waals surface area contributed by atoms with Crippen molar-refractivity contribution in [2.24, 2.45) is 17.8 Å². The van der Waals surface area contributed by atoms with Gasteiger partial charge >= 0.3 is 0 Å². The second kappa shape index (κ2) is 14.1. The number of furan rings is 1. The molecule has 50 heavy (non-hydrogen) atoms. The highest BCUT2D eigenvalue weighted by molar-refractivity contribution is 5.94. The zero-order valence-corrected chi connectivity index (χ0v) is 28.7. The minimum Gasteiger partial charge on any atom is -0.464 e. The van der Waals surface area contributed by atoms with E-state index >= 15 is 0 Å². The van der Waals surface area contributed by atoms with E-state index in [9.17, 15) is 14.4 Å². The Morgan fingerprint density at radius 1 is 1.04 bits per heavy atom. The number of nitrogens with zero attached hydrogens (tertiary/aromatic N) is 3. The Balaban J connectivity index is 1.16. The first kappa shape index (κ1) is 32.7. The Kier molecular flexibility index (Phi) is 9.21. The van der Waals surface area contributed by atoms with Crippen LogP contribution in [0, 0.1) is 17.8 Å². The quantitative estimate of drug-likeness (QED) is 0.225. The standard InChI is InChI=1S/C40H47N5O5/c46-36(42-17-13-30-8-3-4-16-41-30)26-29-24-33(39(48)44-19-22-49-23-20-44)40(15-12-27-6-1-2-7-27)37-32(14-18-45(40)38(29)47)31-11-10-28(25-34(31)43-37)35-9-5-21-50-35/h3-5,8-11,16,21,25,27,29,33,43H,1-2,6-7,12-15,17-20,22-24,26H2,(H,42,46)/t29-,33-,40+/m1/s1. The van der Waals surface area contributed by atoms with Gasteiger partial charge in [-0.2, -0.15) is 0 Å². The Morgan fingerprint density at radius 2 is 1.90 bits per heavy atom. The van der Waals surface area contributed by atoms with E-state index in [1.165, 1.54) is 31.2 Å². The fourth-order valence-corrected chi connectivity index (χ4v) is 9.32. The van der Waals surface area contributed by atoms with Crippen LogP contribution in [0.3, 0.4) is 0 Å². The lowest BCUT2D eigenvalue weighted by molar-refractivity contribution is -0.169. The van der Waals surface area contributed by atoms with Gasteiger partial charge in [0.2, 0.25) is 17.7 Å². The van der Waals surface area contributed by atoms with Crippen LogP contribution >= 0.6 is 0 Å². The molecule has 3 aromatic heterocycles. The van der Waals surface area contributed by atoms with E-state index in [0.29, 0.717) is 64.6 Å². The molecular formula is C40H47N5O5. The van der Waals surface area contributed by atoms with Gasteiger partial charge in [0.05, 0.1) is 30.9 Å². The molecule has 3 fully saturated rings. The molecule has 2 N–H and O–H groups in total. The summed E-state index contributed by atoms with van der Waals surface area (Å²) in [7, 11) is 0. The highest BCUT2D eigenvalue weighted by Crippen LogP contribution is 2.54. The van der Waals surface area contributed by atoms with Gasteiger partial charge in [-0.15, -0.1) is 0 Å². The minimum atomic E-state index is -0.821. The third-order valence-corrected chi connectivity index (χ3v) is 11.8. The van der Waals surface area contributed by atoms with Crippen molar-refractivity contribution in [2.45, 2.75) is 69.7 Å². The number of aromatic amines is 1. The van der Waals surface area contributed by atoms with Crippen LogP contribution in [0.1, 0.15) is 68.3 Å². The molecule has 8 rings (SSSR count). The van der Waals surface area contributed by atoms with Gasteiger partial charge < -0.3 is 29.3 Å². The number of amides is 3. The molecule has 4 aromatic rings. The number of benzene rings is 1. The predicted molar refractivity (Wildman–Crippen MR) is 189 cm³/mol. The van der Waals surface area contributed by atoms with Gasteiger partial charge in [-0.05, 0) is 67.5 Å². The summed E-state index contributed by atoms with van der Waals surface area (Å²) in [5, 5.41) is 4.16. The molecule has 4 aliphatic rings. The smallest absolute Gasteiger partial charge is 0.228 e. The third kappa shape index (κ3) is 6.12. The Labute approximate surface area is 292 Å². The first-order valence-electron chi connectivity index (χ1n) is 18.5. The fraction of sp³-hybridized carbons (Fsp3) is 0.500. The molecule has 6 heterocycles. The topological polar surface area (TPSA) is 121 Å². The molecule has 3 aliphatic heterocycles. The van der Waals surface area contributed by atoms with Gasteiger partial charge in [0, 0.05) is 79.0 Å². The van der Waals surface area contributed by atoms with E-state index in [1.807, 2.05) is 40.1 Å². The lowest BCUT2D eigenvalue weighted by Gasteiger charge is -2.56. The summed E-state index contributed by atoms with van der Waals surface area (Å²) in [4.78, 5) is 55.2. The number of nitrogens with one attached hydrogen (secondary N) is 2. The molecule has 0 radical (unpaired) electrons. The van der Waals surface area contributed by atoms with Crippen molar-refractivity contribution in [1.29, 1.82) is 0 Å². The zero-order chi connectivity index (χ0) is 34.1. The molecular weight excluding hydrogens is 630 g/mol. The van der Waals surface area contributed by atoms with Crippen LogP contribution < -0.4 is 5.32 Å². The second-order valence-electron chi connectivity index (χ2n) is 14.6. The maximum absolute atomic E-state index is 14.9. The Bertz CT molecular complexity index is 1830. The highest BCUT2D eigenvalue weighted by Gasteiger charge is 2.59. The average Bonchev–Trinajstić information content (AvgIpc) is 3.95. The summed E-state index contributed by atoms with van der Waals surface area (Å²) in [6.45, 7) is 3.05. The van der Waals surface area contributed by atoms with Crippen LogP contribution in [0.2, 0.25) is 0 Å². The number of aromatic nitrogens is 2. The van der Waals surface area contributed by atoms with Crippen molar-refractivity contribution in [2.75, 3.05) is 39.4 Å². The zero-order valence-electron chi connectivity index (χ0n) is 28.7. The molecule has 3 amide bonds. The van der Waals surface area contributed by atoms with Gasteiger partial charge in [0.15, 0.2) is 0 Å². The van der Waals surface area contributed by atoms with E-state index < -0.39 is 17.4 Å². The number of carbonyl (C=O) groups is 3. The lowest BCUT2D eigenvalue weighted by atomic mass is 9.64. The van der Waals surface area contributed by atoms with Crippen LogP contribution in [0.4, 0.5) is 0 Å². The van der Waals surface area contributed by atoms with E-state index in [4.69, 9.17) is 9.15 Å². The summed E-state index contributed by atoms with van der Waals surface area (Å²) >= 11 is 0. The maximum Gasteiger partial charge on any atom is 0.228 e. The molecule has 2 saturated heterocycles. The summed E-state index contributed by atoms with van der Waals surface area (Å²) in [6.07, 6.45) is 11.7. The summed E-state index contributed by atoms with van der Waals surface area (Å²) in [6, 6.07) is 16.0. The molecule has 10 heteroatoms. The summed E-state index contributed by atoms with van der Waals surface area (Å²) < 4.78 is 11.4. The number of pyridine rings is 1. The van der Waals surface area contributed by atoms with Crippen molar-refractivity contribution in [3.8, 4) is 11.3 Å². The fourth-order valence-electron chi connectivity index (χ4n) is 9.32. The van der Waals surface area contributed by atoms with Gasteiger partial charge in [-0.25, -0.2) is 0 Å². The molecule has 3 atom stereocenters. The van der Waals surface area contributed by atoms with Crippen LogP contribution in [-0.4, -0.2) is 76.9 Å².